The number of nitrogens with one attached hydrogen (secondary N) is 6. The molecule has 0 aliphatic heterocycles. The molecule has 1 aromatic heterocycles. The molecule has 19 nitrogen and oxygen atoms in total. The zero-order valence-corrected chi connectivity index (χ0v) is 46.5. The van der Waals surface area contributed by atoms with Crippen LogP contribution < -0.4 is 43.6 Å². The molecule has 0 saturated carbocycles. The number of aromatic nitrogens is 2. The zero-order chi connectivity index (χ0) is 56.6. The third-order valence-electron chi connectivity index (χ3n) is 8.77. The van der Waals surface area contributed by atoms with Crippen molar-refractivity contribution in [2.75, 3.05) is 39.4 Å². The van der Waals surface area contributed by atoms with Crippen LogP contribution in [0.25, 0.3) is 16.6 Å². The van der Waals surface area contributed by atoms with E-state index in [1.54, 1.807) is 65.8 Å². The molecule has 0 unspecified atom stereocenters. The monoisotopic (exact) mass is 1290 g/mol. The zero-order valence-electron chi connectivity index (χ0n) is 43.3. The third-order valence-corrected chi connectivity index (χ3v) is 8.77. The van der Waals surface area contributed by atoms with Crippen LogP contribution in [-0.2, 0) is 18.9 Å². The Morgan fingerprint density at radius 2 is 0.947 bits per heavy atom. The molecule has 5 amide bonds. The summed E-state index contributed by atoms with van der Waals surface area (Å²) in [6.45, 7) is 15.8. The smallest absolute Gasteiger partial charge is 0.412 e. The summed E-state index contributed by atoms with van der Waals surface area (Å²) in [6, 6.07) is 20.7. The molecule has 5 aromatic carbocycles. The van der Waals surface area contributed by atoms with E-state index in [-0.39, 0.29) is 66.4 Å². The number of urea groups is 1. The number of amides is 5. The second kappa shape index (κ2) is 28.2. The normalized spacial score (nSPS) is 10.7. The number of benzene rings is 5. The van der Waals surface area contributed by atoms with Gasteiger partial charge in [0.05, 0.1) is 35.0 Å². The number of fused-ring (bicyclic) bond motifs is 1. The second-order valence-electron chi connectivity index (χ2n) is 18.4. The summed E-state index contributed by atoms with van der Waals surface area (Å²) in [5, 5.41) is 12.2. The fraction of sp³-hybridized carbons (Fsp3) is 0.275. The van der Waals surface area contributed by atoms with Crippen LogP contribution in [0, 0.1) is 54.4 Å². The molecule has 2 radical (unpaired) electrons. The molecular formula is C51H59BF4N8O11U. The van der Waals surface area contributed by atoms with E-state index in [2.05, 4.69) is 44.7 Å². The van der Waals surface area contributed by atoms with Gasteiger partial charge in [-0.05, 0) is 149 Å². The molecule has 0 aliphatic carbocycles. The summed E-state index contributed by atoms with van der Waals surface area (Å²) in [7, 11) is 4.82. The Hall–Kier alpha value is -7.77. The van der Waals surface area contributed by atoms with Crippen LogP contribution in [0.1, 0.15) is 80.1 Å². The third kappa shape index (κ3) is 21.2. The van der Waals surface area contributed by atoms with Crippen molar-refractivity contribution in [3.8, 4) is 5.69 Å². The van der Waals surface area contributed by atoms with Crippen LogP contribution in [0.4, 0.5) is 70.9 Å². The first-order valence-corrected chi connectivity index (χ1v) is 21.8. The maximum absolute atomic E-state index is 13.5. The van der Waals surface area contributed by atoms with Gasteiger partial charge in [0.15, 0.2) is 23.3 Å². The van der Waals surface area contributed by atoms with Crippen molar-refractivity contribution in [2.24, 2.45) is 0 Å². The Bertz CT molecular complexity index is 3110. The minimum Gasteiger partial charge on any atom is -0.465 e. The first kappa shape index (κ1) is 64.3. The molecule has 0 fully saturated rings. The molecule has 0 aliphatic rings. The van der Waals surface area contributed by atoms with Gasteiger partial charge in [-0.15, -0.1) is 0 Å². The Morgan fingerprint density at radius 1 is 0.579 bits per heavy atom. The molecule has 76 heavy (non-hydrogen) atoms. The second-order valence-corrected chi connectivity index (χ2v) is 18.4. The number of carbonyl (C=O) groups is 5. The van der Waals surface area contributed by atoms with Gasteiger partial charge >= 0.3 is 36.0 Å². The molecule has 404 valence electrons. The molecular weight excluding hydrogens is 1230 g/mol. The number of halogens is 4. The number of aromatic amines is 1. The number of hydrogen-bond donors (Lipinski definition) is 7. The Morgan fingerprint density at radius 3 is 1.37 bits per heavy atom. The van der Waals surface area contributed by atoms with Gasteiger partial charge < -0.3 is 40.3 Å². The Labute approximate surface area is 462 Å². The average Bonchev–Trinajstić information content (AvgIpc) is 3.29. The molecule has 6 rings (SSSR count). The standard InChI is InChI=1S/C20H21F2N3O5.C19H17F2N3O4.C11H16N2O2.CH4.BH.U/c1-20(2,3)30-19(28)24-12-7-5-11(6-8-12)23-18(27)25-16-10-15(22)14(21)9-13(16)17(26)29-4;1-19(2,3)28-18(27)22-10-4-6-11(7-5-10)24-16(25)12-8-13(20)14(21)9-15(12)23-17(24)26;1-11(2,3)15-10(14)13-9-6-4-8(12)5-7-9;;;/h5-10H,1-4H3,(H,24,28)(H2,23,25,27);4-9H,1-3H3,(H,22,27)(H,23,26);4-7H,12H2,1-3H3,(H,13,14);1H4;1H;/i;;;;1D;. The van der Waals surface area contributed by atoms with E-state index >= 15 is 0 Å². The van der Waals surface area contributed by atoms with Crippen LogP contribution >= 0.6 is 0 Å². The summed E-state index contributed by atoms with van der Waals surface area (Å²) in [6.07, 6.45) is -1.75. The SMILES string of the molecule is C.CC(C)(C)OC(=O)Nc1ccc(-n2c(=O)[nH]c3cc(F)c(F)cc3c2=O)cc1.CC(C)(C)OC(=O)Nc1ccc(N)cc1.COC(=O)c1cc(F)c(F)cc1NC(=O)Nc1ccc(NC(=O)OC(C)(C)C)cc1.[2H][B].[U]. The topological polar surface area (TPSA) is 263 Å². The van der Waals surface area contributed by atoms with E-state index in [0.717, 1.165) is 23.8 Å². The molecule has 0 saturated heterocycles. The van der Waals surface area contributed by atoms with Gasteiger partial charge in [0, 0.05) is 80.1 Å². The van der Waals surface area contributed by atoms with Gasteiger partial charge in [0.1, 0.15) is 16.8 Å². The van der Waals surface area contributed by atoms with Gasteiger partial charge in [-0.1, -0.05) is 7.43 Å². The van der Waals surface area contributed by atoms with E-state index in [9.17, 15) is 51.1 Å². The van der Waals surface area contributed by atoms with Crippen molar-refractivity contribution >= 4 is 83.7 Å². The number of ether oxygens (including phenoxy) is 4. The van der Waals surface area contributed by atoms with Crippen molar-refractivity contribution in [2.45, 2.75) is 86.5 Å². The number of rotatable bonds is 7. The predicted molar refractivity (Wildman–Crippen MR) is 281 cm³/mol. The summed E-state index contributed by atoms with van der Waals surface area (Å²) in [5.41, 5.74) is 4.07. The van der Waals surface area contributed by atoms with Crippen molar-refractivity contribution in [3.05, 3.63) is 147 Å². The first-order valence-electron chi connectivity index (χ1n) is 22.3. The van der Waals surface area contributed by atoms with Gasteiger partial charge in [0.2, 0.25) is 0 Å². The van der Waals surface area contributed by atoms with Crippen LogP contribution in [0.5, 0.6) is 0 Å². The number of esters is 1. The fourth-order valence-electron chi connectivity index (χ4n) is 5.82. The summed E-state index contributed by atoms with van der Waals surface area (Å²) < 4.78 is 79.7. The Balaban J connectivity index is 0.000000588. The van der Waals surface area contributed by atoms with Crippen molar-refractivity contribution in [3.63, 3.8) is 0 Å². The predicted octanol–water partition coefficient (Wildman–Crippen LogP) is 10.6. The van der Waals surface area contributed by atoms with Crippen molar-refractivity contribution in [1.29, 1.82) is 1.34 Å². The fourth-order valence-corrected chi connectivity index (χ4v) is 5.82. The van der Waals surface area contributed by atoms with Gasteiger partial charge in [-0.25, -0.2) is 50.9 Å². The van der Waals surface area contributed by atoms with Crippen LogP contribution in [0.2, 0.25) is 0 Å². The van der Waals surface area contributed by atoms with Gasteiger partial charge in [-0.3, -0.25) is 20.7 Å². The molecule has 0 spiro atoms. The number of hydrogen-bond acceptors (Lipinski definition) is 12. The van der Waals surface area contributed by atoms with Crippen LogP contribution in [0.3, 0.4) is 0 Å². The molecule has 0 bridgehead atoms. The van der Waals surface area contributed by atoms with E-state index in [0.29, 0.717) is 40.6 Å². The summed E-state index contributed by atoms with van der Waals surface area (Å²) in [5.74, 6) is -5.80. The van der Waals surface area contributed by atoms with Crippen molar-refractivity contribution in [1.82, 2.24) is 9.55 Å². The maximum atomic E-state index is 13.5. The largest absolute Gasteiger partial charge is 0.465 e. The van der Waals surface area contributed by atoms with E-state index in [4.69, 9.17) is 21.3 Å². The molecule has 6 aromatic rings. The number of H-pyrrole nitrogens is 1. The average molecular weight is 1290 g/mol. The minimum absolute atomic E-state index is 0. The maximum Gasteiger partial charge on any atom is 0.412 e. The van der Waals surface area contributed by atoms with Crippen LogP contribution in [-0.4, -0.2) is 73.5 Å². The number of nitrogens with zero attached hydrogens (tertiary/aromatic N) is 1. The van der Waals surface area contributed by atoms with E-state index in [1.165, 1.54) is 48.5 Å². The summed E-state index contributed by atoms with van der Waals surface area (Å²) >= 11 is 0. The van der Waals surface area contributed by atoms with Crippen molar-refractivity contribution < 1.29 is 91.6 Å². The number of nitrogens with two attached hydrogens (primary N) is 1. The van der Waals surface area contributed by atoms with Gasteiger partial charge in [0.25, 0.3) is 5.56 Å². The van der Waals surface area contributed by atoms with E-state index in [1.807, 2.05) is 20.8 Å². The number of nitrogen functional groups attached to an aromatic ring is 1. The molecule has 1 heterocycles. The number of carbonyl (C=O) groups excluding carboxylic acids is 5. The quantitative estimate of drug-likeness (QED) is 0.0259. The van der Waals surface area contributed by atoms with Gasteiger partial charge in [-0.2, -0.15) is 0 Å². The first-order chi connectivity index (χ1) is 34.9. The summed E-state index contributed by atoms with van der Waals surface area (Å²) in [4.78, 5) is 86.0. The van der Waals surface area contributed by atoms with Crippen LogP contribution in [0.15, 0.2) is 107 Å². The number of methoxy groups -OCH3 is 1. The van der Waals surface area contributed by atoms with E-state index < -0.39 is 81.6 Å². The molecule has 8 N–H and O–H groups in total. The number of anilines is 6. The molecule has 25 heteroatoms. The Kier molecular flexibility index (Phi) is 23.9. The molecule has 0 atom stereocenters. The minimum atomic E-state index is -1.26.